The van der Waals surface area contributed by atoms with Crippen molar-refractivity contribution in [3.8, 4) is 0 Å². The predicted molar refractivity (Wildman–Crippen MR) is 68.7 cm³/mol. The molecule has 2 fully saturated rings. The molecule has 2 aliphatic rings. The molecule has 0 bridgehead atoms. The summed E-state index contributed by atoms with van der Waals surface area (Å²) in [4.78, 5) is 0. The van der Waals surface area contributed by atoms with E-state index in [0.717, 1.165) is 24.2 Å². The molecule has 0 spiro atoms. The molecule has 3 heteroatoms. The lowest BCUT2D eigenvalue weighted by molar-refractivity contribution is 0.454. The Labute approximate surface area is 104 Å². The Morgan fingerprint density at radius 2 is 2.12 bits per heavy atom. The van der Waals surface area contributed by atoms with Gasteiger partial charge < -0.3 is 5.32 Å². The Morgan fingerprint density at radius 1 is 1.41 bits per heavy atom. The molecule has 1 aromatic rings. The molecule has 3 nitrogen and oxygen atoms in total. The van der Waals surface area contributed by atoms with Crippen LogP contribution in [0.1, 0.15) is 31.4 Å². The van der Waals surface area contributed by atoms with Gasteiger partial charge in [0.05, 0.1) is 5.69 Å². The molecule has 1 N–H and O–H groups in total. The third-order valence-electron chi connectivity index (χ3n) is 4.76. The molecular formula is C14H23N3. The van der Waals surface area contributed by atoms with E-state index in [2.05, 4.69) is 23.5 Å². The van der Waals surface area contributed by atoms with Crippen LogP contribution in [0.3, 0.4) is 0 Å². The van der Waals surface area contributed by atoms with Gasteiger partial charge in [-0.1, -0.05) is 12.8 Å². The zero-order chi connectivity index (χ0) is 11.8. The second-order valence-corrected chi connectivity index (χ2v) is 5.77. The average Bonchev–Trinajstić information content (AvgIpc) is 2.93. The first kappa shape index (κ1) is 11.3. The van der Waals surface area contributed by atoms with Gasteiger partial charge in [-0.2, -0.15) is 5.10 Å². The minimum absolute atomic E-state index is 0.637. The first-order valence-electron chi connectivity index (χ1n) is 6.95. The van der Waals surface area contributed by atoms with Crippen molar-refractivity contribution < 1.29 is 0 Å². The highest BCUT2D eigenvalue weighted by Gasteiger charge is 2.53. The van der Waals surface area contributed by atoms with E-state index in [4.69, 9.17) is 0 Å². The van der Waals surface area contributed by atoms with Crippen LogP contribution in [0.5, 0.6) is 0 Å². The van der Waals surface area contributed by atoms with E-state index in [1.807, 2.05) is 17.9 Å². The van der Waals surface area contributed by atoms with Gasteiger partial charge in [-0.3, -0.25) is 4.68 Å². The summed E-state index contributed by atoms with van der Waals surface area (Å²) in [5.41, 5.74) is 1.23. The van der Waals surface area contributed by atoms with Crippen LogP contribution in [-0.2, 0) is 13.5 Å². The van der Waals surface area contributed by atoms with E-state index in [1.54, 1.807) is 0 Å². The first-order valence-corrected chi connectivity index (χ1v) is 6.95. The van der Waals surface area contributed by atoms with Crippen LogP contribution in [0.2, 0.25) is 0 Å². The molecule has 1 heterocycles. The fraction of sp³-hybridized carbons (Fsp3) is 0.786. The molecule has 0 saturated heterocycles. The summed E-state index contributed by atoms with van der Waals surface area (Å²) < 4.78 is 1.90. The molecule has 2 aliphatic carbocycles. The van der Waals surface area contributed by atoms with Gasteiger partial charge in [0.1, 0.15) is 0 Å². The van der Waals surface area contributed by atoms with E-state index >= 15 is 0 Å². The fourth-order valence-corrected chi connectivity index (χ4v) is 3.87. The summed E-state index contributed by atoms with van der Waals surface area (Å²) in [7, 11) is 4.10. The Bertz CT molecular complexity index is 373. The largest absolute Gasteiger partial charge is 0.316 e. The van der Waals surface area contributed by atoms with Crippen LogP contribution in [0, 0.1) is 17.8 Å². The van der Waals surface area contributed by atoms with Crippen molar-refractivity contribution in [2.24, 2.45) is 24.8 Å². The summed E-state index contributed by atoms with van der Waals surface area (Å²) in [5, 5.41) is 8.03. The highest BCUT2D eigenvalue weighted by molar-refractivity contribution is 5.09. The maximum atomic E-state index is 4.50. The lowest BCUT2D eigenvalue weighted by Gasteiger charge is -2.15. The zero-order valence-electron chi connectivity index (χ0n) is 10.9. The Kier molecular flexibility index (Phi) is 2.95. The van der Waals surface area contributed by atoms with Crippen molar-refractivity contribution in [2.45, 2.75) is 38.1 Å². The van der Waals surface area contributed by atoms with Crippen molar-refractivity contribution >= 4 is 0 Å². The van der Waals surface area contributed by atoms with Crippen LogP contribution in [0.15, 0.2) is 12.3 Å². The molecule has 3 rings (SSSR count). The molecule has 17 heavy (non-hydrogen) atoms. The highest BCUT2D eigenvalue weighted by Crippen LogP contribution is 2.57. The quantitative estimate of drug-likeness (QED) is 0.862. The van der Waals surface area contributed by atoms with Crippen molar-refractivity contribution in [2.75, 3.05) is 7.05 Å². The van der Waals surface area contributed by atoms with Crippen molar-refractivity contribution in [1.29, 1.82) is 0 Å². The maximum Gasteiger partial charge on any atom is 0.0640 e. The molecule has 3 atom stereocenters. The summed E-state index contributed by atoms with van der Waals surface area (Å²) in [5.74, 6) is 2.96. The second kappa shape index (κ2) is 4.45. The normalized spacial score (nSPS) is 33.2. The number of hydrogen-bond donors (Lipinski definition) is 1. The van der Waals surface area contributed by atoms with Gasteiger partial charge in [-0.25, -0.2) is 0 Å². The zero-order valence-corrected chi connectivity index (χ0v) is 10.9. The van der Waals surface area contributed by atoms with Crippen LogP contribution >= 0.6 is 0 Å². The topological polar surface area (TPSA) is 29.9 Å². The van der Waals surface area contributed by atoms with Crippen LogP contribution in [0.4, 0.5) is 0 Å². The van der Waals surface area contributed by atoms with Crippen molar-refractivity contribution in [3.05, 3.63) is 18.0 Å². The summed E-state index contributed by atoms with van der Waals surface area (Å²) in [6.07, 6.45) is 8.98. The SMILES string of the molecule is CNC(Cc1ccn(C)n1)C1C2CCCCC21. The molecule has 0 radical (unpaired) electrons. The third kappa shape index (κ3) is 2.13. The number of likely N-dealkylation sites (N-methyl/N-ethyl adjacent to an activating group) is 1. The smallest absolute Gasteiger partial charge is 0.0640 e. The van der Waals surface area contributed by atoms with Crippen molar-refractivity contribution in [1.82, 2.24) is 15.1 Å². The molecule has 0 aromatic carbocycles. The lowest BCUT2D eigenvalue weighted by atomic mass is 10.0. The van der Waals surface area contributed by atoms with Gasteiger partial charge in [0, 0.05) is 25.7 Å². The van der Waals surface area contributed by atoms with Gasteiger partial charge in [0.25, 0.3) is 0 Å². The van der Waals surface area contributed by atoms with E-state index in [0.29, 0.717) is 6.04 Å². The average molecular weight is 233 g/mol. The Hall–Kier alpha value is -0.830. The molecule has 0 aliphatic heterocycles. The molecule has 1 aromatic heterocycles. The van der Waals surface area contributed by atoms with Gasteiger partial charge in [0.2, 0.25) is 0 Å². The van der Waals surface area contributed by atoms with E-state index in [9.17, 15) is 0 Å². The standard InChI is InChI=1S/C14H23N3/c1-15-13(9-10-7-8-17(2)16-10)14-11-5-3-4-6-12(11)14/h7-8,11-15H,3-6,9H2,1-2H3. The molecular weight excluding hydrogens is 210 g/mol. The van der Waals surface area contributed by atoms with E-state index in [1.165, 1.54) is 31.4 Å². The van der Waals surface area contributed by atoms with Gasteiger partial charge >= 0.3 is 0 Å². The van der Waals surface area contributed by atoms with Crippen LogP contribution < -0.4 is 5.32 Å². The van der Waals surface area contributed by atoms with Crippen LogP contribution in [0.25, 0.3) is 0 Å². The van der Waals surface area contributed by atoms with Gasteiger partial charge in [0.15, 0.2) is 0 Å². The van der Waals surface area contributed by atoms with Crippen molar-refractivity contribution in [3.63, 3.8) is 0 Å². The monoisotopic (exact) mass is 233 g/mol. The summed E-state index contributed by atoms with van der Waals surface area (Å²) in [6.45, 7) is 0. The molecule has 94 valence electrons. The van der Waals surface area contributed by atoms with E-state index < -0.39 is 0 Å². The number of nitrogens with zero attached hydrogens (tertiary/aromatic N) is 2. The Balaban J connectivity index is 1.64. The minimum Gasteiger partial charge on any atom is -0.316 e. The summed E-state index contributed by atoms with van der Waals surface area (Å²) >= 11 is 0. The number of nitrogens with one attached hydrogen (secondary N) is 1. The number of fused-ring (bicyclic) bond motifs is 1. The van der Waals surface area contributed by atoms with Gasteiger partial charge in [-0.05, 0) is 43.7 Å². The van der Waals surface area contributed by atoms with E-state index in [-0.39, 0.29) is 0 Å². The summed E-state index contributed by atoms with van der Waals surface area (Å²) in [6, 6.07) is 2.79. The molecule has 2 saturated carbocycles. The Morgan fingerprint density at radius 3 is 2.65 bits per heavy atom. The number of rotatable bonds is 4. The highest BCUT2D eigenvalue weighted by atomic mass is 15.2. The second-order valence-electron chi connectivity index (χ2n) is 5.77. The molecule has 3 unspecified atom stereocenters. The van der Waals surface area contributed by atoms with Gasteiger partial charge in [-0.15, -0.1) is 0 Å². The predicted octanol–water partition coefficient (Wildman–Crippen LogP) is 1.99. The number of aryl methyl sites for hydroxylation is 1. The molecule has 0 amide bonds. The number of hydrogen-bond acceptors (Lipinski definition) is 2. The first-order chi connectivity index (χ1) is 8.29. The number of aromatic nitrogens is 2. The fourth-order valence-electron chi connectivity index (χ4n) is 3.87. The van der Waals surface area contributed by atoms with Crippen LogP contribution in [-0.4, -0.2) is 22.9 Å². The maximum absolute atomic E-state index is 4.50. The third-order valence-corrected chi connectivity index (χ3v) is 4.76. The minimum atomic E-state index is 0.637. The lowest BCUT2D eigenvalue weighted by Crippen LogP contribution is -2.31.